The molecule has 5 heteroatoms. The number of hydrogen-bond donors (Lipinski definition) is 0. The predicted octanol–water partition coefficient (Wildman–Crippen LogP) is 12.6. The monoisotopic (exact) mass is 735 g/mol. The predicted molar refractivity (Wildman–Crippen MR) is 237 cm³/mol. The molecule has 0 atom stereocenters. The molecule has 0 fully saturated rings. The molecule has 0 aliphatic carbocycles. The molecule has 0 bridgehead atoms. The summed E-state index contributed by atoms with van der Waals surface area (Å²) in [7, 11) is 0. The van der Waals surface area contributed by atoms with Crippen molar-refractivity contribution in [1.29, 1.82) is 0 Å². The first kappa shape index (κ1) is 32.4. The van der Waals surface area contributed by atoms with Crippen molar-refractivity contribution in [3.63, 3.8) is 0 Å². The third-order valence-electron chi connectivity index (χ3n) is 10.9. The van der Waals surface area contributed by atoms with Crippen LogP contribution in [0.4, 0.5) is 0 Å². The quantitative estimate of drug-likeness (QED) is 0.177. The van der Waals surface area contributed by atoms with Gasteiger partial charge in [-0.3, -0.25) is 0 Å². The highest BCUT2D eigenvalue weighted by Gasteiger charge is 2.23. The van der Waals surface area contributed by atoms with Crippen LogP contribution in [0.25, 0.3) is 116 Å². The van der Waals surface area contributed by atoms with Gasteiger partial charge in [0.05, 0.1) is 37.8 Å². The summed E-state index contributed by atoms with van der Waals surface area (Å²) in [5, 5.41) is 9.11. The van der Waals surface area contributed by atoms with Crippen molar-refractivity contribution in [3.8, 4) is 39.5 Å². The van der Waals surface area contributed by atoms with Gasteiger partial charge in [0, 0.05) is 48.3 Å². The Balaban J connectivity index is 1.23. The molecular weight excluding hydrogens is 703 g/mol. The zero-order valence-electron chi connectivity index (χ0n) is 30.5. The van der Waals surface area contributed by atoms with Crippen molar-refractivity contribution in [2.45, 2.75) is 6.92 Å². The minimum atomic E-state index is 0.716. The van der Waals surface area contributed by atoms with Crippen LogP contribution in [0, 0.1) is 0 Å². The number of thiophene rings is 1. The molecule has 7 aromatic carbocycles. The summed E-state index contributed by atoms with van der Waals surface area (Å²) in [6, 6.07) is 53.3. The molecule has 0 radical (unpaired) electrons. The van der Waals surface area contributed by atoms with Crippen molar-refractivity contribution < 1.29 is 4.42 Å². The van der Waals surface area contributed by atoms with E-state index < -0.39 is 0 Å². The number of allylic oxidation sites excluding steroid dienone is 1. The van der Waals surface area contributed by atoms with Gasteiger partial charge < -0.3 is 8.98 Å². The van der Waals surface area contributed by atoms with Gasteiger partial charge >= 0.3 is 0 Å². The summed E-state index contributed by atoms with van der Waals surface area (Å²) < 4.78 is 11.5. The fourth-order valence-corrected chi connectivity index (χ4v) is 9.73. The minimum absolute atomic E-state index is 0.716. The lowest BCUT2D eigenvalue weighted by atomic mass is 9.99. The molecule has 0 saturated heterocycles. The Morgan fingerprint density at radius 2 is 1.36 bits per heavy atom. The molecule has 0 amide bonds. The average molecular weight is 736 g/mol. The van der Waals surface area contributed by atoms with E-state index in [1.807, 2.05) is 36.4 Å². The first-order chi connectivity index (χ1) is 27.7. The van der Waals surface area contributed by atoms with E-state index in [9.17, 15) is 0 Å². The Labute approximate surface area is 326 Å². The number of nitrogens with zero attached hydrogens (tertiary/aromatic N) is 3. The number of hydrogen-bond acceptors (Lipinski definition) is 4. The van der Waals surface area contributed by atoms with E-state index in [1.165, 1.54) is 21.4 Å². The topological polar surface area (TPSA) is 43.9 Å². The molecule has 0 N–H and O–H groups in total. The lowest BCUT2D eigenvalue weighted by Gasteiger charge is -2.12. The number of aromatic nitrogens is 3. The third-order valence-corrected chi connectivity index (χ3v) is 12.2. The van der Waals surface area contributed by atoms with E-state index in [2.05, 4.69) is 152 Å². The standard InChI is InChI=1S/C51H33N3OS/c1-3-16-41-35(4-2)40-29-33-21-11-12-22-34(33)30-43(40)54(41)42-28-27-36(48-45(42)38-23-13-14-26-44(38)55-48)37-24-15-25-39-47-50(56-49(37)39)46(31-17-7-5-8-18-31)52-51(53-47)32-19-9-6-10-20-32/h3-30H,1H2,2H3/b35-4-,41-16+. The molecule has 0 aliphatic rings. The molecule has 4 nitrogen and oxygen atoms in total. The van der Waals surface area contributed by atoms with Crippen molar-refractivity contribution >= 4 is 87.4 Å². The van der Waals surface area contributed by atoms with Crippen LogP contribution in [0.15, 0.2) is 169 Å². The van der Waals surface area contributed by atoms with Crippen LogP contribution in [-0.2, 0) is 0 Å². The molecule has 56 heavy (non-hydrogen) atoms. The van der Waals surface area contributed by atoms with Gasteiger partial charge in [0.15, 0.2) is 5.82 Å². The second kappa shape index (κ2) is 12.8. The summed E-state index contributed by atoms with van der Waals surface area (Å²) >= 11 is 1.75. The van der Waals surface area contributed by atoms with Crippen LogP contribution < -0.4 is 10.6 Å². The fraction of sp³-hybridized carbons (Fsp3) is 0.0196. The van der Waals surface area contributed by atoms with Crippen LogP contribution in [0.3, 0.4) is 0 Å². The zero-order chi connectivity index (χ0) is 37.3. The smallest absolute Gasteiger partial charge is 0.160 e. The molecule has 11 rings (SSSR count). The Bertz CT molecular complexity index is 3500. The molecule has 264 valence electrons. The van der Waals surface area contributed by atoms with Crippen molar-refractivity contribution in [1.82, 2.24) is 14.5 Å². The van der Waals surface area contributed by atoms with Crippen LogP contribution in [0.2, 0.25) is 0 Å². The molecule has 0 saturated carbocycles. The maximum Gasteiger partial charge on any atom is 0.160 e. The molecule has 11 aromatic rings. The van der Waals surface area contributed by atoms with E-state index in [4.69, 9.17) is 14.4 Å². The Kier molecular flexibility index (Phi) is 7.37. The molecular formula is C51H33N3OS. The van der Waals surface area contributed by atoms with Crippen LogP contribution >= 0.6 is 11.3 Å². The summed E-state index contributed by atoms with van der Waals surface area (Å²) in [6.07, 6.45) is 6.21. The Morgan fingerprint density at radius 3 is 2.14 bits per heavy atom. The second-order valence-corrected chi connectivity index (χ2v) is 15.1. The Hall–Kier alpha value is -7.08. The van der Waals surface area contributed by atoms with Crippen molar-refractivity contribution in [2.24, 2.45) is 0 Å². The minimum Gasteiger partial charge on any atom is -0.455 e. The van der Waals surface area contributed by atoms with Gasteiger partial charge in [0.25, 0.3) is 0 Å². The number of benzene rings is 7. The number of furan rings is 1. The largest absolute Gasteiger partial charge is 0.455 e. The van der Waals surface area contributed by atoms with Crippen LogP contribution in [-0.4, -0.2) is 14.5 Å². The van der Waals surface area contributed by atoms with Crippen molar-refractivity contribution in [2.75, 3.05) is 0 Å². The van der Waals surface area contributed by atoms with E-state index in [0.29, 0.717) is 5.82 Å². The van der Waals surface area contributed by atoms with Crippen LogP contribution in [0.1, 0.15) is 6.92 Å². The van der Waals surface area contributed by atoms with E-state index >= 15 is 0 Å². The highest BCUT2D eigenvalue weighted by Crippen LogP contribution is 2.46. The van der Waals surface area contributed by atoms with Gasteiger partial charge in [-0.05, 0) is 54.1 Å². The van der Waals surface area contributed by atoms with Gasteiger partial charge in [0.2, 0.25) is 0 Å². The molecule has 0 spiro atoms. The van der Waals surface area contributed by atoms with Crippen molar-refractivity contribution in [3.05, 3.63) is 175 Å². The van der Waals surface area contributed by atoms with Gasteiger partial charge in [0.1, 0.15) is 11.2 Å². The molecule has 4 heterocycles. The lowest BCUT2D eigenvalue weighted by Crippen LogP contribution is -2.28. The van der Waals surface area contributed by atoms with E-state index in [-0.39, 0.29) is 0 Å². The normalized spacial score (nSPS) is 12.7. The average Bonchev–Trinajstić information content (AvgIpc) is 3.92. The van der Waals surface area contributed by atoms with Gasteiger partial charge in [-0.2, -0.15) is 0 Å². The number of fused-ring (bicyclic) bond motifs is 8. The first-order valence-electron chi connectivity index (χ1n) is 18.8. The fourth-order valence-electron chi connectivity index (χ4n) is 8.45. The summed E-state index contributed by atoms with van der Waals surface area (Å²) in [4.78, 5) is 10.5. The third kappa shape index (κ3) is 4.84. The SMILES string of the molecule is C=C/C=c1\c(=C/C)c2cc3ccccc3cc2n1-c1ccc(-c2cccc3c2sc2c(-c4ccccc4)nc(-c4ccccc4)nc23)c2oc3ccccc3c12. The highest BCUT2D eigenvalue weighted by atomic mass is 32.1. The van der Waals surface area contributed by atoms with E-state index in [0.717, 1.165) is 86.7 Å². The molecule has 0 aliphatic heterocycles. The second-order valence-electron chi connectivity index (χ2n) is 14.1. The summed E-state index contributed by atoms with van der Waals surface area (Å²) in [5.74, 6) is 0.716. The first-order valence-corrected chi connectivity index (χ1v) is 19.6. The number of rotatable bonds is 5. The maximum absolute atomic E-state index is 6.93. The van der Waals surface area contributed by atoms with Gasteiger partial charge in [-0.1, -0.05) is 140 Å². The summed E-state index contributed by atoms with van der Waals surface area (Å²) in [5.41, 5.74) is 9.98. The number of para-hydroxylation sites is 1. The summed E-state index contributed by atoms with van der Waals surface area (Å²) in [6.45, 7) is 6.25. The highest BCUT2D eigenvalue weighted by molar-refractivity contribution is 7.26. The van der Waals surface area contributed by atoms with Gasteiger partial charge in [-0.25, -0.2) is 9.97 Å². The Morgan fingerprint density at radius 1 is 0.643 bits per heavy atom. The molecule has 0 unspecified atom stereocenters. The lowest BCUT2D eigenvalue weighted by molar-refractivity contribution is 0.670. The van der Waals surface area contributed by atoms with Gasteiger partial charge in [-0.15, -0.1) is 11.3 Å². The maximum atomic E-state index is 6.93. The zero-order valence-corrected chi connectivity index (χ0v) is 31.3. The van der Waals surface area contributed by atoms with E-state index in [1.54, 1.807) is 11.3 Å². The molecule has 4 aromatic heterocycles. The van der Waals surface area contributed by atoms with Crippen LogP contribution in [0.5, 0.6) is 0 Å².